The molecule has 0 saturated heterocycles. The van der Waals surface area contributed by atoms with Crippen molar-refractivity contribution in [2.45, 2.75) is 6.54 Å². The topological polar surface area (TPSA) is 78.9 Å². The smallest absolute Gasteiger partial charge is 0.274 e. The Kier molecular flexibility index (Phi) is 4.25. The van der Waals surface area contributed by atoms with E-state index in [1.165, 1.54) is 0 Å². The lowest BCUT2D eigenvalue weighted by Crippen LogP contribution is -2.32. The molecule has 6 nitrogen and oxygen atoms in total. The van der Waals surface area contributed by atoms with Crippen molar-refractivity contribution in [3.8, 4) is 5.75 Å². The summed E-state index contributed by atoms with van der Waals surface area (Å²) < 4.78 is 5.64. The number of carbonyl (C=O) groups is 2. The van der Waals surface area contributed by atoms with Crippen LogP contribution in [0.15, 0.2) is 48.5 Å². The van der Waals surface area contributed by atoms with Crippen molar-refractivity contribution in [1.29, 1.82) is 0 Å². The van der Waals surface area contributed by atoms with Gasteiger partial charge in [-0.1, -0.05) is 24.3 Å². The third kappa shape index (κ3) is 3.17. The van der Waals surface area contributed by atoms with Crippen molar-refractivity contribution in [2.24, 2.45) is 0 Å². The van der Waals surface area contributed by atoms with E-state index in [2.05, 4.69) is 0 Å². The van der Waals surface area contributed by atoms with Crippen molar-refractivity contribution in [3.63, 3.8) is 0 Å². The fraction of sp³-hybridized carbons (Fsp3) is 0.176. The van der Waals surface area contributed by atoms with Crippen LogP contribution in [0.5, 0.6) is 5.75 Å². The number of carbonyl (C=O) groups excluding carboxylic acids is 2. The molecule has 6 heteroatoms. The van der Waals surface area contributed by atoms with Crippen LogP contribution in [0.25, 0.3) is 0 Å². The Morgan fingerprint density at radius 3 is 2.61 bits per heavy atom. The van der Waals surface area contributed by atoms with E-state index in [4.69, 9.17) is 9.94 Å². The monoisotopic (exact) mass is 312 g/mol. The molecule has 0 atom stereocenters. The second-order valence-electron chi connectivity index (χ2n) is 5.20. The lowest BCUT2D eigenvalue weighted by atomic mass is 10.1. The molecule has 1 aliphatic rings. The molecule has 2 aromatic carbocycles. The highest BCUT2D eigenvalue weighted by Gasteiger charge is 2.21. The molecule has 2 amide bonds. The van der Waals surface area contributed by atoms with E-state index in [1.807, 2.05) is 18.2 Å². The minimum Gasteiger partial charge on any atom is -0.491 e. The molecule has 0 saturated carbocycles. The molecule has 2 aromatic rings. The van der Waals surface area contributed by atoms with Gasteiger partial charge in [0.05, 0.1) is 6.54 Å². The van der Waals surface area contributed by atoms with Crippen LogP contribution in [0, 0.1) is 0 Å². The molecule has 0 bridgehead atoms. The van der Waals surface area contributed by atoms with Crippen LogP contribution in [0.1, 0.15) is 26.3 Å². The number of benzene rings is 2. The molecule has 0 spiro atoms. The Bertz CT molecular complexity index is 731. The van der Waals surface area contributed by atoms with E-state index < -0.39 is 5.91 Å². The zero-order chi connectivity index (χ0) is 16.2. The Morgan fingerprint density at radius 1 is 1.09 bits per heavy atom. The number of nitrogens with zero attached hydrogens (tertiary/aromatic N) is 1. The van der Waals surface area contributed by atoms with Gasteiger partial charge in [-0.15, -0.1) is 0 Å². The number of hydroxylamine groups is 1. The van der Waals surface area contributed by atoms with Gasteiger partial charge in [0.25, 0.3) is 11.8 Å². The quantitative estimate of drug-likeness (QED) is 0.655. The number of hydrogen-bond donors (Lipinski definition) is 2. The Morgan fingerprint density at radius 2 is 1.87 bits per heavy atom. The molecule has 3 rings (SSSR count). The maximum atomic E-state index is 12.6. The van der Waals surface area contributed by atoms with Crippen molar-refractivity contribution in [3.05, 3.63) is 65.2 Å². The first kappa shape index (κ1) is 15.1. The Labute approximate surface area is 133 Å². The van der Waals surface area contributed by atoms with E-state index in [0.717, 1.165) is 5.56 Å². The average molecular weight is 312 g/mol. The van der Waals surface area contributed by atoms with Crippen LogP contribution in [0.3, 0.4) is 0 Å². The van der Waals surface area contributed by atoms with E-state index in [0.29, 0.717) is 36.6 Å². The predicted molar refractivity (Wildman–Crippen MR) is 82.4 cm³/mol. The molecular formula is C17H16N2O4. The molecular weight excluding hydrogens is 296 g/mol. The summed E-state index contributed by atoms with van der Waals surface area (Å²) in [6.45, 7) is 1.21. The van der Waals surface area contributed by atoms with E-state index >= 15 is 0 Å². The molecule has 0 radical (unpaired) electrons. The number of rotatable bonds is 2. The summed E-state index contributed by atoms with van der Waals surface area (Å²) in [4.78, 5) is 25.7. The first-order valence-electron chi connectivity index (χ1n) is 7.23. The number of amides is 2. The Balaban J connectivity index is 1.84. The number of nitrogens with one attached hydrogen (secondary N) is 1. The highest BCUT2D eigenvalue weighted by Crippen LogP contribution is 2.25. The minimum atomic E-state index is -0.599. The van der Waals surface area contributed by atoms with Crippen molar-refractivity contribution < 1.29 is 19.5 Å². The SMILES string of the molecule is O=C(NO)c1ccc2c(c1)OCCN(C(=O)c1ccccc1)C2. The van der Waals surface area contributed by atoms with Crippen molar-refractivity contribution >= 4 is 11.8 Å². The lowest BCUT2D eigenvalue weighted by molar-refractivity contribution is 0.0705. The summed E-state index contributed by atoms with van der Waals surface area (Å²) in [7, 11) is 0. The first-order chi connectivity index (χ1) is 11.2. The maximum Gasteiger partial charge on any atom is 0.274 e. The van der Waals surface area contributed by atoms with Crippen LogP contribution < -0.4 is 10.2 Å². The van der Waals surface area contributed by atoms with Gasteiger partial charge in [0.2, 0.25) is 0 Å². The summed E-state index contributed by atoms with van der Waals surface area (Å²) in [5, 5.41) is 8.70. The average Bonchev–Trinajstić information content (AvgIpc) is 2.82. The molecule has 1 aliphatic heterocycles. The van der Waals surface area contributed by atoms with Crippen molar-refractivity contribution in [2.75, 3.05) is 13.2 Å². The number of fused-ring (bicyclic) bond motifs is 1. The largest absolute Gasteiger partial charge is 0.491 e. The summed E-state index contributed by atoms with van der Waals surface area (Å²) in [5.74, 6) is -0.105. The normalized spacial score (nSPS) is 13.5. The lowest BCUT2D eigenvalue weighted by Gasteiger charge is -2.19. The summed E-state index contributed by atoms with van der Waals surface area (Å²) in [5.41, 5.74) is 3.35. The minimum absolute atomic E-state index is 0.0563. The molecule has 0 fully saturated rings. The molecule has 0 aliphatic carbocycles. The van der Waals surface area contributed by atoms with Gasteiger partial charge in [-0.05, 0) is 24.3 Å². The van der Waals surface area contributed by atoms with Gasteiger partial charge in [0, 0.05) is 23.2 Å². The van der Waals surface area contributed by atoms with Crippen LogP contribution in [-0.2, 0) is 6.54 Å². The predicted octanol–water partition coefficient (Wildman–Crippen LogP) is 1.84. The van der Waals surface area contributed by atoms with Crippen LogP contribution >= 0.6 is 0 Å². The molecule has 0 unspecified atom stereocenters. The van der Waals surface area contributed by atoms with E-state index in [-0.39, 0.29) is 5.91 Å². The fourth-order valence-electron chi connectivity index (χ4n) is 2.51. The highest BCUT2D eigenvalue weighted by molar-refractivity contribution is 5.95. The molecule has 118 valence electrons. The second-order valence-corrected chi connectivity index (χ2v) is 5.20. The van der Waals surface area contributed by atoms with Gasteiger partial charge in [-0.2, -0.15) is 0 Å². The van der Waals surface area contributed by atoms with E-state index in [9.17, 15) is 9.59 Å². The van der Waals surface area contributed by atoms with Gasteiger partial charge in [0.1, 0.15) is 12.4 Å². The zero-order valence-electron chi connectivity index (χ0n) is 12.4. The Hall–Kier alpha value is -2.86. The number of ether oxygens (including phenoxy) is 1. The molecule has 2 N–H and O–H groups in total. The van der Waals surface area contributed by atoms with Crippen LogP contribution in [-0.4, -0.2) is 35.1 Å². The summed E-state index contributed by atoms with van der Waals surface area (Å²) >= 11 is 0. The first-order valence-corrected chi connectivity index (χ1v) is 7.23. The van der Waals surface area contributed by atoms with Gasteiger partial charge >= 0.3 is 0 Å². The second kappa shape index (κ2) is 6.50. The van der Waals surface area contributed by atoms with Crippen molar-refractivity contribution in [1.82, 2.24) is 10.4 Å². The zero-order valence-corrected chi connectivity index (χ0v) is 12.4. The van der Waals surface area contributed by atoms with Crippen LogP contribution in [0.2, 0.25) is 0 Å². The fourth-order valence-corrected chi connectivity index (χ4v) is 2.51. The summed E-state index contributed by atoms with van der Waals surface area (Å²) in [6.07, 6.45) is 0. The van der Waals surface area contributed by atoms with Gasteiger partial charge in [-0.3, -0.25) is 14.8 Å². The van der Waals surface area contributed by atoms with Gasteiger partial charge in [0.15, 0.2) is 0 Å². The third-order valence-electron chi connectivity index (χ3n) is 3.72. The number of hydrogen-bond acceptors (Lipinski definition) is 4. The van der Waals surface area contributed by atoms with Crippen LogP contribution in [0.4, 0.5) is 0 Å². The van der Waals surface area contributed by atoms with Gasteiger partial charge in [-0.25, -0.2) is 5.48 Å². The third-order valence-corrected chi connectivity index (χ3v) is 3.72. The maximum absolute atomic E-state index is 12.6. The van der Waals surface area contributed by atoms with E-state index in [1.54, 1.807) is 40.7 Å². The molecule has 23 heavy (non-hydrogen) atoms. The summed E-state index contributed by atoms with van der Waals surface area (Å²) in [6, 6.07) is 14.0. The highest BCUT2D eigenvalue weighted by atomic mass is 16.5. The molecule has 1 heterocycles. The molecule has 0 aromatic heterocycles. The van der Waals surface area contributed by atoms with Gasteiger partial charge < -0.3 is 9.64 Å². The standard InChI is InChI=1S/C17H16N2O4/c20-16(18-22)13-6-7-14-11-19(8-9-23-15(14)10-13)17(21)12-4-2-1-3-5-12/h1-7,10,22H,8-9,11H2,(H,18,20).